The molecule has 1 aromatic carbocycles. The number of nitrogens with zero attached hydrogens (tertiary/aromatic N) is 1. The first-order valence-corrected chi connectivity index (χ1v) is 9.05. The van der Waals surface area contributed by atoms with Crippen LogP contribution in [0.2, 0.25) is 0 Å². The molecule has 1 aliphatic carbocycles. The maximum absolute atomic E-state index is 12.7. The highest BCUT2D eigenvalue weighted by atomic mass is 32.2. The number of benzene rings is 1. The van der Waals surface area contributed by atoms with E-state index in [1.807, 2.05) is 0 Å². The molecule has 5 nitrogen and oxygen atoms in total. The Morgan fingerprint density at radius 2 is 1.91 bits per heavy atom. The molecule has 118 valence electrons. The van der Waals surface area contributed by atoms with Gasteiger partial charge in [-0.05, 0) is 55.9 Å². The zero-order chi connectivity index (χ0) is 15.6. The number of hydrogen-bond donors (Lipinski definition) is 2. The smallest absolute Gasteiger partial charge is 0.241 e. The fourth-order valence-electron chi connectivity index (χ4n) is 3.06. The van der Waals surface area contributed by atoms with E-state index >= 15 is 0 Å². The van der Waals surface area contributed by atoms with Crippen LogP contribution < -0.4 is 4.72 Å². The highest BCUT2D eigenvalue weighted by Crippen LogP contribution is 2.26. The lowest BCUT2D eigenvalue weighted by Gasteiger charge is -2.27. The summed E-state index contributed by atoms with van der Waals surface area (Å²) < 4.78 is 28.2. The minimum Gasteiger partial charge on any atom is -0.396 e. The molecule has 2 aromatic rings. The van der Waals surface area contributed by atoms with E-state index in [1.165, 1.54) is 0 Å². The van der Waals surface area contributed by atoms with Gasteiger partial charge in [-0.25, -0.2) is 13.1 Å². The quantitative estimate of drug-likeness (QED) is 0.904. The monoisotopic (exact) mass is 320 g/mol. The second-order valence-electron chi connectivity index (χ2n) is 5.85. The molecule has 0 saturated heterocycles. The number of aliphatic hydroxyl groups is 1. The molecule has 1 aliphatic rings. The van der Waals surface area contributed by atoms with E-state index < -0.39 is 10.0 Å². The first-order valence-electron chi connectivity index (χ1n) is 7.57. The third-order valence-electron chi connectivity index (χ3n) is 4.32. The van der Waals surface area contributed by atoms with Gasteiger partial charge in [0.2, 0.25) is 10.0 Å². The Bertz CT molecular complexity index is 748. The van der Waals surface area contributed by atoms with Crippen molar-refractivity contribution in [2.24, 2.45) is 5.92 Å². The van der Waals surface area contributed by atoms with E-state index in [9.17, 15) is 8.42 Å². The van der Waals surface area contributed by atoms with E-state index in [1.54, 1.807) is 36.5 Å². The highest BCUT2D eigenvalue weighted by molar-refractivity contribution is 7.89. The molecule has 0 atom stereocenters. The molecule has 0 amide bonds. The van der Waals surface area contributed by atoms with E-state index in [4.69, 9.17) is 5.11 Å². The number of aromatic nitrogens is 1. The van der Waals surface area contributed by atoms with E-state index in [-0.39, 0.29) is 17.5 Å². The van der Waals surface area contributed by atoms with Crippen molar-refractivity contribution >= 4 is 20.9 Å². The van der Waals surface area contributed by atoms with Crippen molar-refractivity contribution in [2.75, 3.05) is 6.61 Å². The van der Waals surface area contributed by atoms with Crippen molar-refractivity contribution in [3.8, 4) is 0 Å². The lowest BCUT2D eigenvalue weighted by atomic mass is 9.87. The first kappa shape index (κ1) is 15.4. The zero-order valence-electron chi connectivity index (χ0n) is 12.3. The van der Waals surface area contributed by atoms with Crippen molar-refractivity contribution in [2.45, 2.75) is 36.6 Å². The fraction of sp³-hybridized carbons (Fsp3) is 0.438. The van der Waals surface area contributed by atoms with Crippen molar-refractivity contribution in [1.82, 2.24) is 9.71 Å². The Kier molecular flexibility index (Phi) is 4.42. The number of fused-ring (bicyclic) bond motifs is 1. The van der Waals surface area contributed by atoms with Gasteiger partial charge < -0.3 is 5.11 Å². The number of sulfonamides is 1. The van der Waals surface area contributed by atoms with Crippen LogP contribution in [0.3, 0.4) is 0 Å². The van der Waals surface area contributed by atoms with Gasteiger partial charge in [0.25, 0.3) is 0 Å². The SMILES string of the molecule is O=S(=O)(NC1CCC(CO)CC1)c1cccc2ncccc12. The summed E-state index contributed by atoms with van der Waals surface area (Å²) in [4.78, 5) is 4.48. The van der Waals surface area contributed by atoms with E-state index in [2.05, 4.69) is 9.71 Å². The molecular formula is C16H20N2O3S. The molecule has 1 heterocycles. The first-order chi connectivity index (χ1) is 10.6. The van der Waals surface area contributed by atoms with Crippen LogP contribution in [-0.2, 0) is 10.0 Å². The summed E-state index contributed by atoms with van der Waals surface area (Å²) in [7, 11) is -3.56. The van der Waals surface area contributed by atoms with Crippen molar-refractivity contribution in [1.29, 1.82) is 0 Å². The Hall–Kier alpha value is -1.50. The van der Waals surface area contributed by atoms with Crippen LogP contribution in [0.4, 0.5) is 0 Å². The van der Waals surface area contributed by atoms with Crippen LogP contribution in [0.25, 0.3) is 10.9 Å². The summed E-state index contributed by atoms with van der Waals surface area (Å²) in [5.41, 5.74) is 0.675. The number of hydrogen-bond acceptors (Lipinski definition) is 4. The van der Waals surface area contributed by atoms with Crippen molar-refractivity contribution in [3.63, 3.8) is 0 Å². The minimum absolute atomic E-state index is 0.0558. The predicted octanol–water partition coefficient (Wildman–Crippen LogP) is 2.06. The number of rotatable bonds is 4. The largest absolute Gasteiger partial charge is 0.396 e. The summed E-state index contributed by atoms with van der Waals surface area (Å²) in [6.07, 6.45) is 4.92. The molecule has 0 aliphatic heterocycles. The minimum atomic E-state index is -3.56. The topological polar surface area (TPSA) is 79.3 Å². The molecule has 2 N–H and O–H groups in total. The van der Waals surface area contributed by atoms with Crippen molar-refractivity contribution < 1.29 is 13.5 Å². The van der Waals surface area contributed by atoms with E-state index in [0.717, 1.165) is 25.7 Å². The van der Waals surface area contributed by atoms with Gasteiger partial charge in [0, 0.05) is 24.2 Å². The van der Waals surface area contributed by atoms with Gasteiger partial charge in [-0.3, -0.25) is 4.98 Å². The van der Waals surface area contributed by atoms with Crippen LogP contribution in [0.1, 0.15) is 25.7 Å². The van der Waals surface area contributed by atoms with E-state index in [0.29, 0.717) is 16.8 Å². The molecule has 0 spiro atoms. The molecule has 1 fully saturated rings. The Labute approximate surface area is 130 Å². The van der Waals surface area contributed by atoms with Gasteiger partial charge in [0.05, 0.1) is 10.4 Å². The normalized spacial score (nSPS) is 22.8. The average molecular weight is 320 g/mol. The van der Waals surface area contributed by atoms with Crippen LogP contribution in [0, 0.1) is 5.92 Å². The predicted molar refractivity (Wildman–Crippen MR) is 84.9 cm³/mol. The molecule has 0 radical (unpaired) electrons. The second kappa shape index (κ2) is 6.32. The van der Waals surface area contributed by atoms with Crippen LogP contribution >= 0.6 is 0 Å². The standard InChI is InChI=1S/C16H20N2O3S/c19-11-12-6-8-13(9-7-12)18-22(20,21)16-5-1-4-15-14(16)3-2-10-17-15/h1-5,10,12-13,18-19H,6-9,11H2. The number of pyridine rings is 1. The van der Waals surface area contributed by atoms with Gasteiger partial charge in [-0.15, -0.1) is 0 Å². The second-order valence-corrected chi connectivity index (χ2v) is 7.53. The molecule has 0 unspecified atom stereocenters. The van der Waals surface area contributed by atoms with Gasteiger partial charge in [0.1, 0.15) is 0 Å². The Morgan fingerprint density at radius 1 is 1.14 bits per heavy atom. The van der Waals surface area contributed by atoms with Crippen LogP contribution in [0.15, 0.2) is 41.4 Å². The Morgan fingerprint density at radius 3 is 2.64 bits per heavy atom. The molecule has 1 aromatic heterocycles. The van der Waals surface area contributed by atoms with Crippen LogP contribution in [0.5, 0.6) is 0 Å². The van der Waals surface area contributed by atoms with Gasteiger partial charge in [0.15, 0.2) is 0 Å². The lowest BCUT2D eigenvalue weighted by molar-refractivity contribution is 0.180. The number of nitrogens with one attached hydrogen (secondary N) is 1. The van der Waals surface area contributed by atoms with Crippen LogP contribution in [-0.4, -0.2) is 31.2 Å². The molecule has 22 heavy (non-hydrogen) atoms. The maximum atomic E-state index is 12.7. The lowest BCUT2D eigenvalue weighted by Crippen LogP contribution is -2.38. The summed E-state index contributed by atoms with van der Waals surface area (Å²) >= 11 is 0. The molecule has 3 rings (SSSR count). The fourth-order valence-corrected chi connectivity index (χ4v) is 4.58. The molecule has 0 bridgehead atoms. The molecule has 6 heteroatoms. The summed E-state index contributed by atoms with van der Waals surface area (Å²) in [5.74, 6) is 0.308. The third kappa shape index (κ3) is 3.14. The maximum Gasteiger partial charge on any atom is 0.241 e. The van der Waals surface area contributed by atoms with Gasteiger partial charge in [-0.1, -0.05) is 6.07 Å². The summed E-state index contributed by atoms with van der Waals surface area (Å²) in [5, 5.41) is 9.80. The zero-order valence-corrected chi connectivity index (χ0v) is 13.1. The summed E-state index contributed by atoms with van der Waals surface area (Å²) in [6, 6.07) is 8.60. The van der Waals surface area contributed by atoms with Gasteiger partial charge >= 0.3 is 0 Å². The van der Waals surface area contributed by atoms with Crippen molar-refractivity contribution in [3.05, 3.63) is 36.5 Å². The molecule has 1 saturated carbocycles. The summed E-state index contributed by atoms with van der Waals surface area (Å²) in [6.45, 7) is 0.189. The molecular weight excluding hydrogens is 300 g/mol. The Balaban J connectivity index is 1.83. The van der Waals surface area contributed by atoms with Gasteiger partial charge in [-0.2, -0.15) is 0 Å². The average Bonchev–Trinajstić information content (AvgIpc) is 2.54. The number of aliphatic hydroxyl groups excluding tert-OH is 1. The highest BCUT2D eigenvalue weighted by Gasteiger charge is 2.26. The third-order valence-corrected chi connectivity index (χ3v) is 5.90.